The van der Waals surface area contributed by atoms with Gasteiger partial charge in [-0.2, -0.15) is 0 Å². The number of rotatable bonds is 0. The van der Waals surface area contributed by atoms with Crippen molar-refractivity contribution < 1.29 is 17.1 Å². The Morgan fingerprint density at radius 3 is 2.50 bits per heavy atom. The monoisotopic (exact) mass is 131 g/mol. The third kappa shape index (κ3) is 1.84. The van der Waals surface area contributed by atoms with Gasteiger partial charge in [0.15, 0.2) is 6.20 Å². The van der Waals surface area contributed by atoms with Gasteiger partial charge in [0, 0.05) is 6.07 Å². The Hall–Kier alpha value is -0.700. The fourth-order valence-corrected chi connectivity index (χ4v) is 0.343. The minimum absolute atomic E-state index is 0. The molecule has 1 rings (SSSR count). The van der Waals surface area contributed by atoms with Gasteiger partial charge in [-0.1, -0.05) is 0 Å². The van der Waals surface area contributed by atoms with E-state index in [1.165, 1.54) is 0 Å². The van der Waals surface area contributed by atoms with E-state index in [0.717, 1.165) is 0 Å². The highest BCUT2D eigenvalue weighted by Gasteiger charge is 1.81. The Bertz CT molecular complexity index is 141. The molecule has 44 valence electrons. The molecule has 3 nitrogen and oxygen atoms in total. The third-order valence-corrected chi connectivity index (χ3v) is 0.647. The molecule has 0 bridgehead atoms. The number of nitrogens with zero attached hydrogens (tertiary/aromatic N) is 3. The smallest absolute Gasteiger partial charge is 0.171 e. The van der Waals surface area contributed by atoms with Crippen LogP contribution in [0.3, 0.4) is 0 Å². The molecule has 8 heavy (non-hydrogen) atoms. The van der Waals surface area contributed by atoms with Gasteiger partial charge < -0.3 is 12.4 Å². The normalized spacial score (nSPS) is 7.62. The van der Waals surface area contributed by atoms with Crippen molar-refractivity contribution >= 4 is 0 Å². The van der Waals surface area contributed by atoms with Crippen LogP contribution in [0, 0.1) is 0 Å². The van der Waals surface area contributed by atoms with E-state index in [0.29, 0.717) is 0 Å². The van der Waals surface area contributed by atoms with Crippen LogP contribution in [0.25, 0.3) is 0 Å². The molecule has 0 saturated heterocycles. The van der Waals surface area contributed by atoms with Crippen molar-refractivity contribution in [2.75, 3.05) is 0 Å². The molecule has 0 N–H and O–H groups in total. The van der Waals surface area contributed by atoms with Gasteiger partial charge in [0.2, 0.25) is 0 Å². The summed E-state index contributed by atoms with van der Waals surface area (Å²) in [5.41, 5.74) is 0. The zero-order valence-electron chi connectivity index (χ0n) is 4.45. The lowest BCUT2D eigenvalue weighted by Gasteiger charge is -1.74. The molecule has 0 aliphatic heterocycles. The lowest BCUT2D eigenvalue weighted by Crippen LogP contribution is -3.00. The summed E-state index contributed by atoms with van der Waals surface area (Å²) in [7, 11) is 1.83. The van der Waals surface area contributed by atoms with Crippen LogP contribution in [0.5, 0.6) is 0 Å². The first-order chi connectivity index (χ1) is 3.39. The van der Waals surface area contributed by atoms with Gasteiger partial charge in [0.25, 0.3) is 0 Å². The second kappa shape index (κ2) is 3.32. The highest BCUT2D eigenvalue weighted by atomic mass is 35.5. The number of halogens is 1. The first-order valence-electron chi connectivity index (χ1n) is 2.03. The van der Waals surface area contributed by atoms with Gasteiger partial charge in [0.1, 0.15) is 18.5 Å². The standard InChI is InChI=1S/C4H6N3.ClH/c1-7-4-2-3-5-6-7;/h2-4H,1H3;1H/q+1;/p-1. The molecule has 0 atom stereocenters. The molecule has 0 amide bonds. The van der Waals surface area contributed by atoms with Crippen LogP contribution in [0.15, 0.2) is 18.5 Å². The van der Waals surface area contributed by atoms with Gasteiger partial charge in [-0.15, -0.1) is 4.68 Å². The summed E-state index contributed by atoms with van der Waals surface area (Å²) in [4.78, 5) is 0. The molecule has 0 spiro atoms. The second-order valence-corrected chi connectivity index (χ2v) is 1.27. The number of hydrogen-bond acceptors (Lipinski definition) is 2. The summed E-state index contributed by atoms with van der Waals surface area (Å²) in [6.45, 7) is 0. The van der Waals surface area contributed by atoms with E-state index in [1.54, 1.807) is 10.9 Å². The lowest BCUT2D eigenvalue weighted by atomic mass is 10.7. The fourth-order valence-electron chi connectivity index (χ4n) is 0.343. The number of aromatic nitrogens is 3. The van der Waals surface area contributed by atoms with E-state index in [-0.39, 0.29) is 12.4 Å². The van der Waals surface area contributed by atoms with Gasteiger partial charge in [-0.3, -0.25) is 0 Å². The molecule has 4 heteroatoms. The average Bonchev–Trinajstić information content (AvgIpc) is 1.69. The van der Waals surface area contributed by atoms with Crippen LogP contribution in [0.1, 0.15) is 0 Å². The van der Waals surface area contributed by atoms with Crippen LogP contribution in [0.2, 0.25) is 0 Å². The van der Waals surface area contributed by atoms with E-state index in [9.17, 15) is 0 Å². The summed E-state index contributed by atoms with van der Waals surface area (Å²) in [5.74, 6) is 0. The van der Waals surface area contributed by atoms with E-state index in [1.807, 2.05) is 19.3 Å². The van der Waals surface area contributed by atoms with Crippen LogP contribution >= 0.6 is 0 Å². The van der Waals surface area contributed by atoms with Crippen molar-refractivity contribution in [1.82, 2.24) is 10.3 Å². The predicted octanol–water partition coefficient (Wildman–Crippen LogP) is -3.69. The van der Waals surface area contributed by atoms with E-state index in [2.05, 4.69) is 10.3 Å². The zero-order valence-corrected chi connectivity index (χ0v) is 5.21. The minimum atomic E-state index is 0. The zero-order chi connectivity index (χ0) is 5.11. The molecule has 1 aromatic heterocycles. The van der Waals surface area contributed by atoms with Crippen LogP contribution < -0.4 is 17.1 Å². The molecule has 0 radical (unpaired) electrons. The molecule has 1 aromatic rings. The Kier molecular flexibility index (Phi) is 3.03. The predicted molar refractivity (Wildman–Crippen MR) is 23.2 cm³/mol. The summed E-state index contributed by atoms with van der Waals surface area (Å²) in [5, 5.41) is 7.24. The Balaban J connectivity index is 0.000000490. The Labute approximate surface area is 53.8 Å². The number of aryl methyl sites for hydroxylation is 1. The highest BCUT2D eigenvalue weighted by Crippen LogP contribution is 1.60. The second-order valence-electron chi connectivity index (χ2n) is 1.27. The van der Waals surface area contributed by atoms with E-state index >= 15 is 0 Å². The molecule has 0 unspecified atom stereocenters. The number of hydrogen-bond donors (Lipinski definition) is 0. The van der Waals surface area contributed by atoms with Gasteiger partial charge in [-0.25, -0.2) is 0 Å². The maximum absolute atomic E-state index is 3.65. The van der Waals surface area contributed by atoms with Crippen molar-refractivity contribution in [1.29, 1.82) is 0 Å². The van der Waals surface area contributed by atoms with Gasteiger partial charge in [0.05, 0.1) is 5.10 Å². The van der Waals surface area contributed by atoms with E-state index in [4.69, 9.17) is 0 Å². The quantitative estimate of drug-likeness (QED) is 0.340. The third-order valence-electron chi connectivity index (χ3n) is 0.647. The van der Waals surface area contributed by atoms with Crippen LogP contribution in [0.4, 0.5) is 0 Å². The summed E-state index contributed by atoms with van der Waals surface area (Å²) < 4.78 is 1.64. The van der Waals surface area contributed by atoms with Crippen molar-refractivity contribution in [3.8, 4) is 0 Å². The van der Waals surface area contributed by atoms with Crippen molar-refractivity contribution in [2.45, 2.75) is 0 Å². The Morgan fingerprint density at radius 2 is 2.25 bits per heavy atom. The van der Waals surface area contributed by atoms with E-state index < -0.39 is 0 Å². The average molecular weight is 132 g/mol. The van der Waals surface area contributed by atoms with Crippen LogP contribution in [-0.4, -0.2) is 10.3 Å². The molecule has 0 aliphatic rings. The first kappa shape index (κ1) is 7.30. The largest absolute Gasteiger partial charge is 1.00 e. The SMILES string of the molecule is C[n+]1cccnn1.[Cl-]. The molecular formula is C4H6ClN3. The summed E-state index contributed by atoms with van der Waals surface area (Å²) in [6.07, 6.45) is 3.47. The van der Waals surface area contributed by atoms with Crippen LogP contribution in [-0.2, 0) is 7.05 Å². The maximum atomic E-state index is 3.65. The molecule has 0 fully saturated rings. The molecule has 0 aromatic carbocycles. The summed E-state index contributed by atoms with van der Waals surface area (Å²) in [6, 6.07) is 1.83. The molecule has 1 heterocycles. The fraction of sp³-hybridized carbons (Fsp3) is 0.250. The maximum Gasteiger partial charge on any atom is 0.171 e. The van der Waals surface area contributed by atoms with Gasteiger partial charge in [-0.05, 0) is 0 Å². The van der Waals surface area contributed by atoms with Gasteiger partial charge >= 0.3 is 0 Å². The molecule has 0 aliphatic carbocycles. The minimum Gasteiger partial charge on any atom is -1.00 e. The van der Waals surface area contributed by atoms with Crippen molar-refractivity contribution in [2.24, 2.45) is 7.05 Å². The highest BCUT2D eigenvalue weighted by molar-refractivity contribution is 4.65. The summed E-state index contributed by atoms with van der Waals surface area (Å²) >= 11 is 0. The topological polar surface area (TPSA) is 29.7 Å². The van der Waals surface area contributed by atoms with Crippen molar-refractivity contribution in [3.05, 3.63) is 18.5 Å². The Morgan fingerprint density at radius 1 is 1.50 bits per heavy atom. The lowest BCUT2D eigenvalue weighted by molar-refractivity contribution is -0.736. The van der Waals surface area contributed by atoms with Crippen molar-refractivity contribution in [3.63, 3.8) is 0 Å². The first-order valence-corrected chi connectivity index (χ1v) is 2.03. The molecule has 0 saturated carbocycles. The molecular weight excluding hydrogens is 126 g/mol.